The Bertz CT molecular complexity index is 425. The van der Waals surface area contributed by atoms with E-state index in [2.05, 4.69) is 21.2 Å². The second-order valence-corrected chi connectivity index (χ2v) is 5.11. The quantitative estimate of drug-likeness (QED) is 0.847. The lowest BCUT2D eigenvalue weighted by atomic mass is 10.1. The first kappa shape index (κ1) is 15.0. The predicted octanol–water partition coefficient (Wildman–Crippen LogP) is 3.19. The number of halogens is 2. The highest BCUT2D eigenvalue weighted by Gasteiger charge is 2.16. The average Bonchev–Trinajstić information content (AvgIpc) is 2.37. The number of rotatable bonds is 5. The van der Waals surface area contributed by atoms with Gasteiger partial charge in [-0.3, -0.25) is 4.79 Å². The van der Waals surface area contributed by atoms with Crippen molar-refractivity contribution >= 4 is 21.8 Å². The maximum Gasteiger partial charge on any atom is 0.234 e. The van der Waals surface area contributed by atoms with Crippen LogP contribution in [0.5, 0.6) is 5.75 Å². The van der Waals surface area contributed by atoms with Gasteiger partial charge < -0.3 is 10.1 Å². The first-order valence-corrected chi connectivity index (χ1v) is 6.69. The molecule has 1 aromatic rings. The summed E-state index contributed by atoms with van der Waals surface area (Å²) in [5, 5.41) is 2.82. The van der Waals surface area contributed by atoms with Gasteiger partial charge in [0.25, 0.3) is 0 Å². The standard InChI is InChI=1S/C13H17BrFNO2/c1-4-10(14)13(17)16-8(2)9-5-6-12(18-3)11(15)7-9/h5-8,10H,4H2,1-3H3,(H,16,17). The monoisotopic (exact) mass is 317 g/mol. The molecule has 18 heavy (non-hydrogen) atoms. The van der Waals surface area contributed by atoms with E-state index in [-0.39, 0.29) is 22.5 Å². The molecular formula is C13H17BrFNO2. The number of benzene rings is 1. The molecule has 5 heteroatoms. The maximum atomic E-state index is 13.5. The summed E-state index contributed by atoms with van der Waals surface area (Å²) in [4.78, 5) is 11.5. The van der Waals surface area contributed by atoms with Crippen LogP contribution in [0.1, 0.15) is 31.9 Å². The number of nitrogens with one attached hydrogen (secondary N) is 1. The smallest absolute Gasteiger partial charge is 0.234 e. The molecule has 1 amide bonds. The molecule has 0 radical (unpaired) electrons. The number of methoxy groups -OCH3 is 1. The molecule has 1 aromatic carbocycles. The fraction of sp³-hybridized carbons (Fsp3) is 0.462. The van der Waals surface area contributed by atoms with Crippen LogP contribution in [0.2, 0.25) is 0 Å². The topological polar surface area (TPSA) is 38.3 Å². The molecule has 1 N–H and O–H groups in total. The molecule has 3 nitrogen and oxygen atoms in total. The van der Waals surface area contributed by atoms with Crippen LogP contribution in [-0.4, -0.2) is 17.8 Å². The summed E-state index contributed by atoms with van der Waals surface area (Å²) in [6.45, 7) is 3.73. The Morgan fingerprint density at radius 1 is 1.56 bits per heavy atom. The Morgan fingerprint density at radius 2 is 2.22 bits per heavy atom. The van der Waals surface area contributed by atoms with Gasteiger partial charge in [0.2, 0.25) is 5.91 Å². The fourth-order valence-electron chi connectivity index (χ4n) is 1.52. The van der Waals surface area contributed by atoms with Crippen LogP contribution in [0.4, 0.5) is 4.39 Å². The summed E-state index contributed by atoms with van der Waals surface area (Å²) >= 11 is 3.27. The zero-order valence-corrected chi connectivity index (χ0v) is 12.3. The zero-order valence-electron chi connectivity index (χ0n) is 10.7. The third-order valence-corrected chi connectivity index (χ3v) is 3.74. The van der Waals surface area contributed by atoms with Crippen LogP contribution >= 0.6 is 15.9 Å². The Kier molecular flexibility index (Phi) is 5.59. The van der Waals surface area contributed by atoms with Crippen LogP contribution in [0.25, 0.3) is 0 Å². The van der Waals surface area contributed by atoms with E-state index < -0.39 is 5.82 Å². The lowest BCUT2D eigenvalue weighted by molar-refractivity contribution is -0.121. The Hall–Kier alpha value is -1.10. The number of hydrogen-bond donors (Lipinski definition) is 1. The summed E-state index contributed by atoms with van der Waals surface area (Å²) in [6.07, 6.45) is 0.704. The molecule has 100 valence electrons. The van der Waals surface area contributed by atoms with E-state index in [0.29, 0.717) is 12.0 Å². The van der Waals surface area contributed by atoms with E-state index in [4.69, 9.17) is 4.74 Å². The van der Waals surface area contributed by atoms with Gasteiger partial charge in [-0.05, 0) is 31.0 Å². The van der Waals surface area contributed by atoms with Crippen LogP contribution in [0.3, 0.4) is 0 Å². The van der Waals surface area contributed by atoms with Crippen molar-refractivity contribution in [2.24, 2.45) is 0 Å². The minimum absolute atomic E-state index is 0.0961. The van der Waals surface area contributed by atoms with Crippen LogP contribution in [-0.2, 0) is 4.79 Å². The summed E-state index contributed by atoms with van der Waals surface area (Å²) in [5.41, 5.74) is 0.706. The largest absolute Gasteiger partial charge is 0.494 e. The summed E-state index contributed by atoms with van der Waals surface area (Å²) < 4.78 is 18.4. The molecule has 1 rings (SSSR count). The lowest BCUT2D eigenvalue weighted by Gasteiger charge is -2.17. The van der Waals surface area contributed by atoms with E-state index in [1.807, 2.05) is 13.8 Å². The Morgan fingerprint density at radius 3 is 2.72 bits per heavy atom. The molecular weight excluding hydrogens is 301 g/mol. The molecule has 0 saturated heterocycles. The Labute approximate surface area is 115 Å². The van der Waals surface area contributed by atoms with E-state index in [1.54, 1.807) is 12.1 Å². The number of carbonyl (C=O) groups excluding carboxylic acids is 1. The molecule has 2 atom stereocenters. The lowest BCUT2D eigenvalue weighted by Crippen LogP contribution is -2.32. The van der Waals surface area contributed by atoms with Gasteiger partial charge in [-0.25, -0.2) is 4.39 Å². The number of hydrogen-bond acceptors (Lipinski definition) is 2. The van der Waals surface area contributed by atoms with Gasteiger partial charge in [0.15, 0.2) is 11.6 Å². The van der Waals surface area contributed by atoms with Gasteiger partial charge in [0, 0.05) is 0 Å². The number of ether oxygens (including phenoxy) is 1. The Balaban J connectivity index is 2.75. The van der Waals surface area contributed by atoms with Crippen molar-refractivity contribution in [1.82, 2.24) is 5.32 Å². The summed E-state index contributed by atoms with van der Waals surface area (Å²) in [6, 6.07) is 4.42. The molecule has 0 spiro atoms. The predicted molar refractivity (Wildman–Crippen MR) is 72.5 cm³/mol. The second kappa shape index (κ2) is 6.73. The molecule has 0 saturated carbocycles. The van der Waals surface area contributed by atoms with E-state index in [9.17, 15) is 9.18 Å². The normalized spacial score (nSPS) is 13.8. The summed E-state index contributed by atoms with van der Waals surface area (Å²) in [7, 11) is 1.42. The van der Waals surface area contributed by atoms with Gasteiger partial charge in [-0.1, -0.05) is 28.9 Å². The molecule has 0 heterocycles. The van der Waals surface area contributed by atoms with Gasteiger partial charge in [-0.15, -0.1) is 0 Å². The van der Waals surface area contributed by atoms with Gasteiger partial charge >= 0.3 is 0 Å². The molecule has 0 aliphatic heterocycles. The van der Waals surface area contributed by atoms with Crippen molar-refractivity contribution < 1.29 is 13.9 Å². The van der Waals surface area contributed by atoms with Gasteiger partial charge in [-0.2, -0.15) is 0 Å². The number of carbonyl (C=O) groups is 1. The molecule has 0 aliphatic carbocycles. The van der Waals surface area contributed by atoms with E-state index in [0.717, 1.165) is 0 Å². The first-order valence-electron chi connectivity index (χ1n) is 5.77. The SMILES string of the molecule is CCC(Br)C(=O)NC(C)c1ccc(OC)c(F)c1. The maximum absolute atomic E-state index is 13.5. The molecule has 0 bridgehead atoms. The van der Waals surface area contributed by atoms with Crippen LogP contribution in [0.15, 0.2) is 18.2 Å². The molecule has 0 aliphatic rings. The first-order chi connectivity index (χ1) is 8.49. The van der Waals surface area contributed by atoms with Crippen molar-refractivity contribution in [3.63, 3.8) is 0 Å². The van der Waals surface area contributed by atoms with Crippen molar-refractivity contribution in [3.05, 3.63) is 29.6 Å². The summed E-state index contributed by atoms with van der Waals surface area (Å²) in [5.74, 6) is -0.326. The average molecular weight is 318 g/mol. The highest BCUT2D eigenvalue weighted by Crippen LogP contribution is 2.22. The van der Waals surface area contributed by atoms with Crippen molar-refractivity contribution in [1.29, 1.82) is 0 Å². The molecule has 0 aromatic heterocycles. The van der Waals surface area contributed by atoms with Crippen molar-refractivity contribution in [2.75, 3.05) is 7.11 Å². The zero-order chi connectivity index (χ0) is 13.7. The third-order valence-electron chi connectivity index (χ3n) is 2.68. The molecule has 2 unspecified atom stereocenters. The van der Waals surface area contributed by atoms with Gasteiger partial charge in [0.1, 0.15) is 0 Å². The third kappa shape index (κ3) is 3.70. The minimum atomic E-state index is -0.429. The number of amides is 1. The molecule has 0 fully saturated rings. The van der Waals surface area contributed by atoms with Crippen LogP contribution in [0, 0.1) is 5.82 Å². The number of alkyl halides is 1. The second-order valence-electron chi connectivity index (χ2n) is 4.00. The fourth-order valence-corrected chi connectivity index (χ4v) is 1.66. The highest BCUT2D eigenvalue weighted by atomic mass is 79.9. The van der Waals surface area contributed by atoms with Crippen molar-refractivity contribution in [2.45, 2.75) is 31.1 Å². The van der Waals surface area contributed by atoms with Gasteiger partial charge in [0.05, 0.1) is 18.0 Å². The van der Waals surface area contributed by atoms with Crippen LogP contribution < -0.4 is 10.1 Å². The van der Waals surface area contributed by atoms with E-state index in [1.165, 1.54) is 13.2 Å². The van der Waals surface area contributed by atoms with Crippen molar-refractivity contribution in [3.8, 4) is 5.75 Å². The van der Waals surface area contributed by atoms with E-state index >= 15 is 0 Å². The minimum Gasteiger partial charge on any atom is -0.494 e. The highest BCUT2D eigenvalue weighted by molar-refractivity contribution is 9.10.